The fraction of sp³-hybridized carbons (Fsp3) is 0.211. The van der Waals surface area contributed by atoms with Gasteiger partial charge in [0, 0.05) is 12.1 Å². The van der Waals surface area contributed by atoms with Crippen LogP contribution in [0.2, 0.25) is 0 Å². The van der Waals surface area contributed by atoms with Gasteiger partial charge in [0.05, 0.1) is 12.7 Å². The first-order chi connectivity index (χ1) is 12.0. The summed E-state index contributed by atoms with van der Waals surface area (Å²) in [6.07, 6.45) is -0.249. The van der Waals surface area contributed by atoms with E-state index in [1.54, 1.807) is 19.2 Å². The van der Waals surface area contributed by atoms with Crippen LogP contribution in [0.1, 0.15) is 33.2 Å². The number of hydrogen-bond acceptors (Lipinski definition) is 5. The number of rotatable bonds is 7. The number of carbonyl (C=O) groups excluding carboxylic acids is 3. The Bertz CT molecular complexity index is 737. The van der Waals surface area contributed by atoms with Gasteiger partial charge in [0.1, 0.15) is 12.0 Å². The van der Waals surface area contributed by atoms with Crippen LogP contribution in [0.25, 0.3) is 0 Å². The summed E-state index contributed by atoms with van der Waals surface area (Å²) in [5.41, 5.74) is 1.64. The number of amides is 1. The van der Waals surface area contributed by atoms with Gasteiger partial charge in [0.2, 0.25) is 0 Å². The lowest BCUT2D eigenvalue weighted by molar-refractivity contribution is -0.129. The van der Waals surface area contributed by atoms with Crippen LogP contribution in [0.4, 0.5) is 0 Å². The molecule has 6 heteroatoms. The minimum Gasteiger partial charge on any atom is -0.497 e. The van der Waals surface area contributed by atoms with Gasteiger partial charge in [-0.25, -0.2) is 4.79 Å². The van der Waals surface area contributed by atoms with E-state index in [2.05, 4.69) is 5.32 Å². The van der Waals surface area contributed by atoms with Crippen molar-refractivity contribution in [3.63, 3.8) is 0 Å². The standard InChI is InChI=1S/C19H19NO5/c1-13(25-19(23)16-7-3-15(12-21)4-8-16)18(22)20-11-14-5-9-17(24-2)10-6-14/h3-10,12-13H,11H2,1-2H3,(H,20,22)/t13-/m1/s1. The molecular weight excluding hydrogens is 322 g/mol. The summed E-state index contributed by atoms with van der Waals surface area (Å²) in [5, 5.41) is 2.71. The summed E-state index contributed by atoms with van der Waals surface area (Å²) in [6.45, 7) is 1.82. The second-order valence-corrected chi connectivity index (χ2v) is 5.35. The second-order valence-electron chi connectivity index (χ2n) is 5.35. The Morgan fingerprint density at radius 1 is 1.08 bits per heavy atom. The van der Waals surface area contributed by atoms with E-state index in [1.807, 2.05) is 12.1 Å². The van der Waals surface area contributed by atoms with Crippen LogP contribution in [0.3, 0.4) is 0 Å². The molecule has 0 saturated carbocycles. The fourth-order valence-corrected chi connectivity index (χ4v) is 2.06. The van der Waals surface area contributed by atoms with Gasteiger partial charge in [-0.15, -0.1) is 0 Å². The van der Waals surface area contributed by atoms with E-state index in [1.165, 1.54) is 31.2 Å². The monoisotopic (exact) mass is 341 g/mol. The summed E-state index contributed by atoms with van der Waals surface area (Å²) in [7, 11) is 1.58. The molecule has 0 heterocycles. The van der Waals surface area contributed by atoms with Gasteiger partial charge in [0.15, 0.2) is 6.10 Å². The van der Waals surface area contributed by atoms with Crippen molar-refractivity contribution in [3.8, 4) is 5.75 Å². The van der Waals surface area contributed by atoms with Gasteiger partial charge in [-0.05, 0) is 36.8 Å². The van der Waals surface area contributed by atoms with E-state index >= 15 is 0 Å². The second kappa shape index (κ2) is 8.63. The quantitative estimate of drug-likeness (QED) is 0.618. The van der Waals surface area contributed by atoms with Crippen LogP contribution in [-0.4, -0.2) is 31.4 Å². The van der Waals surface area contributed by atoms with Crippen molar-refractivity contribution in [3.05, 3.63) is 65.2 Å². The molecule has 25 heavy (non-hydrogen) atoms. The van der Waals surface area contributed by atoms with Gasteiger partial charge in [-0.2, -0.15) is 0 Å². The van der Waals surface area contributed by atoms with E-state index in [-0.39, 0.29) is 5.56 Å². The lowest BCUT2D eigenvalue weighted by Crippen LogP contribution is -2.35. The average Bonchev–Trinajstić information content (AvgIpc) is 2.66. The van der Waals surface area contributed by atoms with E-state index in [0.29, 0.717) is 18.4 Å². The van der Waals surface area contributed by atoms with E-state index in [4.69, 9.17) is 9.47 Å². The number of hydrogen-bond donors (Lipinski definition) is 1. The maximum Gasteiger partial charge on any atom is 0.338 e. The fourth-order valence-electron chi connectivity index (χ4n) is 2.06. The normalized spacial score (nSPS) is 11.3. The molecule has 1 atom stereocenters. The summed E-state index contributed by atoms with van der Waals surface area (Å²) >= 11 is 0. The molecule has 0 saturated heterocycles. The third-order valence-electron chi connectivity index (χ3n) is 3.56. The van der Waals surface area contributed by atoms with Gasteiger partial charge in [0.25, 0.3) is 5.91 Å². The molecular formula is C19H19NO5. The largest absolute Gasteiger partial charge is 0.497 e. The van der Waals surface area contributed by atoms with Crippen molar-refractivity contribution in [2.75, 3.05) is 7.11 Å². The topological polar surface area (TPSA) is 81.7 Å². The molecule has 0 aliphatic heterocycles. The molecule has 1 amide bonds. The van der Waals surface area contributed by atoms with Crippen LogP contribution in [0, 0.1) is 0 Å². The summed E-state index contributed by atoms with van der Waals surface area (Å²) in [5.74, 6) is -0.281. The molecule has 2 aromatic carbocycles. The number of esters is 1. The van der Waals surface area contributed by atoms with Gasteiger partial charge in [-0.1, -0.05) is 24.3 Å². The molecule has 130 valence electrons. The average molecular weight is 341 g/mol. The molecule has 0 aliphatic carbocycles. The van der Waals surface area contributed by atoms with Crippen molar-refractivity contribution in [2.45, 2.75) is 19.6 Å². The maximum absolute atomic E-state index is 12.0. The molecule has 0 spiro atoms. The van der Waals surface area contributed by atoms with Gasteiger partial charge in [-0.3, -0.25) is 9.59 Å². The highest BCUT2D eigenvalue weighted by atomic mass is 16.5. The third-order valence-corrected chi connectivity index (χ3v) is 3.56. The minimum absolute atomic E-state index is 0.278. The van der Waals surface area contributed by atoms with E-state index in [9.17, 15) is 14.4 Å². The number of benzene rings is 2. The first-order valence-corrected chi connectivity index (χ1v) is 7.70. The number of nitrogens with one attached hydrogen (secondary N) is 1. The number of ether oxygens (including phenoxy) is 2. The zero-order chi connectivity index (χ0) is 18.2. The number of methoxy groups -OCH3 is 1. The Kier molecular flexibility index (Phi) is 6.28. The van der Waals surface area contributed by atoms with Crippen molar-refractivity contribution >= 4 is 18.2 Å². The molecule has 0 fully saturated rings. The molecule has 0 radical (unpaired) electrons. The number of carbonyl (C=O) groups is 3. The molecule has 0 aromatic heterocycles. The van der Waals surface area contributed by atoms with Crippen molar-refractivity contribution in [1.82, 2.24) is 5.32 Å². The van der Waals surface area contributed by atoms with Gasteiger partial charge < -0.3 is 14.8 Å². The summed E-state index contributed by atoms with van der Waals surface area (Å²) in [4.78, 5) is 34.7. The molecule has 2 rings (SSSR count). The highest BCUT2D eigenvalue weighted by molar-refractivity contribution is 5.92. The number of aldehydes is 1. The summed E-state index contributed by atoms with van der Waals surface area (Å²) in [6, 6.07) is 13.3. The molecule has 0 unspecified atom stereocenters. The minimum atomic E-state index is -0.934. The Labute approximate surface area is 145 Å². The Hall–Kier alpha value is -3.15. The highest BCUT2D eigenvalue weighted by Crippen LogP contribution is 2.11. The SMILES string of the molecule is COc1ccc(CNC(=O)[C@@H](C)OC(=O)c2ccc(C=O)cc2)cc1. The van der Waals surface area contributed by atoms with Crippen LogP contribution in [-0.2, 0) is 16.1 Å². The zero-order valence-corrected chi connectivity index (χ0v) is 14.0. The third kappa shape index (κ3) is 5.17. The lowest BCUT2D eigenvalue weighted by atomic mass is 10.1. The van der Waals surface area contributed by atoms with Crippen molar-refractivity contribution < 1.29 is 23.9 Å². The van der Waals surface area contributed by atoms with Gasteiger partial charge >= 0.3 is 5.97 Å². The predicted octanol–water partition coefficient (Wildman–Crippen LogP) is 2.37. The van der Waals surface area contributed by atoms with E-state index in [0.717, 1.165) is 11.3 Å². The molecule has 2 aromatic rings. The van der Waals surface area contributed by atoms with Crippen molar-refractivity contribution in [2.24, 2.45) is 0 Å². The smallest absolute Gasteiger partial charge is 0.338 e. The van der Waals surface area contributed by atoms with Crippen LogP contribution in [0.15, 0.2) is 48.5 Å². The van der Waals surface area contributed by atoms with Crippen LogP contribution in [0.5, 0.6) is 5.75 Å². The molecule has 0 aliphatic rings. The molecule has 6 nitrogen and oxygen atoms in total. The Morgan fingerprint density at radius 2 is 1.72 bits per heavy atom. The molecule has 1 N–H and O–H groups in total. The zero-order valence-electron chi connectivity index (χ0n) is 14.0. The Balaban J connectivity index is 1.85. The first kappa shape index (κ1) is 18.2. The highest BCUT2D eigenvalue weighted by Gasteiger charge is 2.18. The van der Waals surface area contributed by atoms with Crippen LogP contribution < -0.4 is 10.1 Å². The molecule has 0 bridgehead atoms. The maximum atomic E-state index is 12.0. The first-order valence-electron chi connectivity index (χ1n) is 7.70. The van der Waals surface area contributed by atoms with Crippen LogP contribution >= 0.6 is 0 Å². The predicted molar refractivity (Wildman–Crippen MR) is 91.5 cm³/mol. The van der Waals surface area contributed by atoms with E-state index < -0.39 is 18.0 Å². The lowest BCUT2D eigenvalue weighted by Gasteiger charge is -2.14. The summed E-state index contributed by atoms with van der Waals surface area (Å²) < 4.78 is 10.2. The Morgan fingerprint density at radius 3 is 2.28 bits per heavy atom. The van der Waals surface area contributed by atoms with Crippen molar-refractivity contribution in [1.29, 1.82) is 0 Å².